The zero-order valence-corrected chi connectivity index (χ0v) is 21.9. The lowest BCUT2D eigenvalue weighted by molar-refractivity contribution is 0.0981. The highest BCUT2D eigenvalue weighted by molar-refractivity contribution is 7.89. The maximum atomic E-state index is 12.0. The molecule has 0 radical (unpaired) electrons. The Morgan fingerprint density at radius 2 is 1.71 bits per heavy atom. The van der Waals surface area contributed by atoms with Gasteiger partial charge in [-0.3, -0.25) is 9.48 Å². The van der Waals surface area contributed by atoms with Crippen LogP contribution in [0.5, 0.6) is 11.6 Å². The topological polar surface area (TPSA) is 112 Å². The van der Waals surface area contributed by atoms with E-state index in [-0.39, 0.29) is 12.2 Å². The van der Waals surface area contributed by atoms with E-state index >= 15 is 0 Å². The molecular weight excluding hydrogens is 504 g/mol. The van der Waals surface area contributed by atoms with Crippen LogP contribution in [-0.4, -0.2) is 42.0 Å². The lowest BCUT2D eigenvalue weighted by atomic mass is 10.0. The first-order chi connectivity index (χ1) is 18.2. The lowest BCUT2D eigenvalue weighted by Crippen LogP contribution is -2.29. The fourth-order valence-corrected chi connectivity index (χ4v) is 4.31. The molecule has 0 saturated heterocycles. The summed E-state index contributed by atoms with van der Waals surface area (Å²) in [6.07, 6.45) is 8.94. The smallest absolute Gasteiger partial charge is 0.264 e. The number of rotatable bonds is 10. The SMILES string of the molecule is Cn1cc(-c2cc(OCc3ccc(C(=O)NS(C)(=O)=O)cc3)cc(-c3ccc(OCC4CC4)nc3)c2)cn1. The van der Waals surface area contributed by atoms with Crippen molar-refractivity contribution in [3.05, 3.63) is 84.3 Å². The Morgan fingerprint density at radius 3 is 2.32 bits per heavy atom. The fraction of sp³-hybridized carbons (Fsp3) is 0.250. The molecule has 10 heteroatoms. The van der Waals surface area contributed by atoms with Crippen molar-refractivity contribution in [2.45, 2.75) is 19.4 Å². The van der Waals surface area contributed by atoms with Gasteiger partial charge in [-0.25, -0.2) is 18.1 Å². The molecule has 2 heterocycles. The molecule has 1 aliphatic rings. The zero-order valence-electron chi connectivity index (χ0n) is 21.1. The second-order valence-electron chi connectivity index (χ2n) is 9.48. The van der Waals surface area contributed by atoms with E-state index in [0.717, 1.165) is 34.1 Å². The minimum atomic E-state index is -3.63. The monoisotopic (exact) mass is 532 g/mol. The summed E-state index contributed by atoms with van der Waals surface area (Å²) in [6, 6.07) is 16.4. The van der Waals surface area contributed by atoms with E-state index in [9.17, 15) is 13.2 Å². The summed E-state index contributed by atoms with van der Waals surface area (Å²) in [5.41, 5.74) is 4.85. The van der Waals surface area contributed by atoms with E-state index in [1.54, 1.807) is 41.3 Å². The Kier molecular flexibility index (Phi) is 7.15. The second-order valence-corrected chi connectivity index (χ2v) is 11.2. The number of hydrogen-bond acceptors (Lipinski definition) is 7. The summed E-state index contributed by atoms with van der Waals surface area (Å²) in [7, 11) is -1.76. The van der Waals surface area contributed by atoms with Crippen LogP contribution in [0.15, 0.2) is 73.2 Å². The summed E-state index contributed by atoms with van der Waals surface area (Å²) in [5.74, 6) is 1.27. The van der Waals surface area contributed by atoms with Crippen LogP contribution in [0, 0.1) is 5.92 Å². The summed E-state index contributed by atoms with van der Waals surface area (Å²) in [4.78, 5) is 16.5. The number of sulfonamides is 1. The molecule has 2 aromatic heterocycles. The molecule has 1 saturated carbocycles. The Hall–Kier alpha value is -4.18. The number of benzene rings is 2. The number of ether oxygens (including phenoxy) is 2. The molecule has 4 aromatic rings. The highest BCUT2D eigenvalue weighted by Crippen LogP contribution is 2.33. The first-order valence-corrected chi connectivity index (χ1v) is 14.1. The normalized spacial score (nSPS) is 13.2. The molecule has 1 amide bonds. The molecule has 1 N–H and O–H groups in total. The van der Waals surface area contributed by atoms with Crippen molar-refractivity contribution < 1.29 is 22.7 Å². The standard InChI is InChI=1S/C28H28N4O5S/c1-32-16-25(15-30-32)24-11-23(22-9-10-27(29-14-22)37-18-19-3-4-19)12-26(13-24)36-17-20-5-7-21(8-6-20)28(33)31-38(2,34)35/h5-16,19H,3-4,17-18H2,1-2H3,(H,31,33). The number of aryl methyl sites for hydroxylation is 1. The molecule has 1 fully saturated rings. The predicted molar refractivity (Wildman–Crippen MR) is 143 cm³/mol. The Balaban J connectivity index is 1.34. The summed E-state index contributed by atoms with van der Waals surface area (Å²) >= 11 is 0. The molecule has 5 rings (SSSR count). The van der Waals surface area contributed by atoms with Crippen LogP contribution in [0.25, 0.3) is 22.3 Å². The quantitative estimate of drug-likeness (QED) is 0.326. The summed E-state index contributed by atoms with van der Waals surface area (Å²) in [6.45, 7) is 0.973. The maximum absolute atomic E-state index is 12.0. The van der Waals surface area contributed by atoms with Gasteiger partial charge in [0.05, 0.1) is 19.1 Å². The number of aromatic nitrogens is 3. The van der Waals surface area contributed by atoms with Crippen LogP contribution in [0.1, 0.15) is 28.8 Å². The number of carbonyl (C=O) groups excluding carboxylic acids is 1. The highest BCUT2D eigenvalue weighted by Gasteiger charge is 2.22. The van der Waals surface area contributed by atoms with Crippen molar-refractivity contribution in [3.63, 3.8) is 0 Å². The Morgan fingerprint density at radius 1 is 0.974 bits per heavy atom. The second kappa shape index (κ2) is 10.7. The Bertz CT molecular complexity index is 1540. The van der Waals surface area contributed by atoms with Crippen LogP contribution < -0.4 is 14.2 Å². The molecule has 9 nitrogen and oxygen atoms in total. The van der Waals surface area contributed by atoms with Crippen LogP contribution >= 0.6 is 0 Å². The largest absolute Gasteiger partial charge is 0.489 e. The summed E-state index contributed by atoms with van der Waals surface area (Å²) in [5, 5.41) is 4.29. The van der Waals surface area contributed by atoms with Crippen molar-refractivity contribution >= 4 is 15.9 Å². The van der Waals surface area contributed by atoms with Crippen molar-refractivity contribution in [2.75, 3.05) is 12.9 Å². The van der Waals surface area contributed by atoms with Crippen LogP contribution in [0.4, 0.5) is 0 Å². The number of amides is 1. The maximum Gasteiger partial charge on any atom is 0.264 e. The average Bonchev–Trinajstić information content (AvgIpc) is 3.63. The molecule has 0 atom stereocenters. The van der Waals surface area contributed by atoms with Gasteiger partial charge in [-0.15, -0.1) is 0 Å². The third-order valence-corrected chi connectivity index (χ3v) is 6.63. The Labute approximate surface area is 221 Å². The van der Waals surface area contributed by atoms with Crippen molar-refractivity contribution in [3.8, 4) is 33.9 Å². The van der Waals surface area contributed by atoms with Crippen LogP contribution in [0.2, 0.25) is 0 Å². The minimum Gasteiger partial charge on any atom is -0.489 e. The third-order valence-electron chi connectivity index (χ3n) is 6.08. The van der Waals surface area contributed by atoms with Gasteiger partial charge in [-0.05, 0) is 71.8 Å². The van der Waals surface area contributed by atoms with Gasteiger partial charge in [0.2, 0.25) is 15.9 Å². The van der Waals surface area contributed by atoms with Crippen molar-refractivity contribution in [1.29, 1.82) is 0 Å². The van der Waals surface area contributed by atoms with E-state index in [1.165, 1.54) is 12.8 Å². The van der Waals surface area contributed by atoms with E-state index in [2.05, 4.69) is 16.1 Å². The van der Waals surface area contributed by atoms with Gasteiger partial charge in [-0.1, -0.05) is 12.1 Å². The van der Waals surface area contributed by atoms with Gasteiger partial charge in [0.15, 0.2) is 0 Å². The van der Waals surface area contributed by atoms with Gasteiger partial charge in [0, 0.05) is 42.2 Å². The van der Waals surface area contributed by atoms with Crippen molar-refractivity contribution in [1.82, 2.24) is 19.5 Å². The first kappa shape index (κ1) is 25.5. The number of nitrogens with zero attached hydrogens (tertiary/aromatic N) is 3. The molecule has 1 aliphatic carbocycles. The molecule has 0 bridgehead atoms. The number of hydrogen-bond donors (Lipinski definition) is 1. The molecule has 196 valence electrons. The molecule has 0 spiro atoms. The molecule has 0 unspecified atom stereocenters. The van der Waals surface area contributed by atoms with Crippen LogP contribution in [0.3, 0.4) is 0 Å². The molecule has 38 heavy (non-hydrogen) atoms. The van der Waals surface area contributed by atoms with Gasteiger partial charge in [-0.2, -0.15) is 5.10 Å². The van der Waals surface area contributed by atoms with E-state index < -0.39 is 15.9 Å². The number of carbonyl (C=O) groups is 1. The van der Waals surface area contributed by atoms with Gasteiger partial charge < -0.3 is 9.47 Å². The number of nitrogens with one attached hydrogen (secondary N) is 1. The van der Waals surface area contributed by atoms with Gasteiger partial charge in [0.25, 0.3) is 5.91 Å². The summed E-state index contributed by atoms with van der Waals surface area (Å²) < 4.78 is 38.2. The zero-order chi connectivity index (χ0) is 26.7. The molecule has 0 aliphatic heterocycles. The minimum absolute atomic E-state index is 0.247. The fourth-order valence-electron chi connectivity index (χ4n) is 3.86. The number of pyridine rings is 1. The van der Waals surface area contributed by atoms with Gasteiger partial charge in [0.1, 0.15) is 12.4 Å². The first-order valence-electron chi connectivity index (χ1n) is 12.2. The highest BCUT2D eigenvalue weighted by atomic mass is 32.2. The molecular formula is C28H28N4O5S. The van der Waals surface area contributed by atoms with Crippen LogP contribution in [-0.2, 0) is 23.7 Å². The predicted octanol–water partition coefficient (Wildman–Crippen LogP) is 4.21. The third kappa shape index (κ3) is 6.77. The lowest BCUT2D eigenvalue weighted by Gasteiger charge is -2.12. The van der Waals surface area contributed by atoms with E-state index in [4.69, 9.17) is 9.47 Å². The molecule has 2 aromatic carbocycles. The van der Waals surface area contributed by atoms with Gasteiger partial charge >= 0.3 is 0 Å². The van der Waals surface area contributed by atoms with E-state index in [1.807, 2.05) is 42.2 Å². The average molecular weight is 533 g/mol. The van der Waals surface area contributed by atoms with Crippen molar-refractivity contribution in [2.24, 2.45) is 13.0 Å². The van der Waals surface area contributed by atoms with E-state index in [0.29, 0.717) is 24.2 Å².